The number of aromatic amines is 1. The number of nitrogens with zero attached hydrogens (tertiary/aromatic N) is 1. The SMILES string of the molecule is CNC(c1cn[nH]c1)c1ccc(C)o1. The van der Waals surface area contributed by atoms with Crippen LogP contribution in [0.3, 0.4) is 0 Å². The van der Waals surface area contributed by atoms with E-state index in [9.17, 15) is 0 Å². The van der Waals surface area contributed by atoms with Crippen LogP contribution in [0.5, 0.6) is 0 Å². The van der Waals surface area contributed by atoms with E-state index >= 15 is 0 Å². The van der Waals surface area contributed by atoms with Gasteiger partial charge in [-0.3, -0.25) is 5.10 Å². The van der Waals surface area contributed by atoms with Crippen molar-refractivity contribution < 1.29 is 4.42 Å². The lowest BCUT2D eigenvalue weighted by Crippen LogP contribution is -2.16. The molecule has 0 aliphatic heterocycles. The van der Waals surface area contributed by atoms with Gasteiger partial charge < -0.3 is 9.73 Å². The molecule has 0 radical (unpaired) electrons. The Bertz CT molecular complexity index is 391. The Hall–Kier alpha value is -1.55. The normalized spacial score (nSPS) is 13.0. The lowest BCUT2D eigenvalue weighted by atomic mass is 10.1. The average molecular weight is 191 g/mol. The molecule has 2 aromatic rings. The molecular formula is C10H13N3O. The molecule has 0 aliphatic carbocycles. The molecule has 0 amide bonds. The van der Waals surface area contributed by atoms with E-state index < -0.39 is 0 Å². The number of aromatic nitrogens is 2. The van der Waals surface area contributed by atoms with E-state index in [1.807, 2.05) is 32.3 Å². The quantitative estimate of drug-likeness (QED) is 0.775. The maximum atomic E-state index is 5.56. The summed E-state index contributed by atoms with van der Waals surface area (Å²) in [6, 6.07) is 4.01. The number of nitrogens with one attached hydrogen (secondary N) is 2. The van der Waals surface area contributed by atoms with Gasteiger partial charge in [-0.15, -0.1) is 0 Å². The third-order valence-electron chi connectivity index (χ3n) is 2.19. The molecular weight excluding hydrogens is 178 g/mol. The minimum absolute atomic E-state index is 0.0717. The summed E-state index contributed by atoms with van der Waals surface area (Å²) in [6.07, 6.45) is 3.65. The highest BCUT2D eigenvalue weighted by atomic mass is 16.3. The second kappa shape index (κ2) is 3.67. The lowest BCUT2D eigenvalue weighted by molar-refractivity contribution is 0.444. The van der Waals surface area contributed by atoms with Crippen LogP contribution in [-0.4, -0.2) is 17.2 Å². The van der Waals surface area contributed by atoms with Gasteiger partial charge in [-0.2, -0.15) is 5.10 Å². The first-order valence-electron chi connectivity index (χ1n) is 4.53. The van der Waals surface area contributed by atoms with Gasteiger partial charge in [0.05, 0.1) is 12.2 Å². The van der Waals surface area contributed by atoms with Crippen LogP contribution < -0.4 is 5.32 Å². The molecule has 4 heteroatoms. The fourth-order valence-electron chi connectivity index (χ4n) is 1.50. The molecule has 0 fully saturated rings. The highest BCUT2D eigenvalue weighted by molar-refractivity contribution is 5.22. The minimum atomic E-state index is 0.0717. The zero-order chi connectivity index (χ0) is 9.97. The molecule has 4 nitrogen and oxygen atoms in total. The Labute approximate surface area is 82.3 Å². The van der Waals surface area contributed by atoms with Crippen molar-refractivity contribution >= 4 is 0 Å². The van der Waals surface area contributed by atoms with Crippen molar-refractivity contribution in [3.63, 3.8) is 0 Å². The Kier molecular flexibility index (Phi) is 2.37. The molecule has 0 aromatic carbocycles. The fourth-order valence-corrected chi connectivity index (χ4v) is 1.50. The monoisotopic (exact) mass is 191 g/mol. The van der Waals surface area contributed by atoms with Crippen molar-refractivity contribution in [2.24, 2.45) is 0 Å². The minimum Gasteiger partial charge on any atom is -0.464 e. The van der Waals surface area contributed by atoms with E-state index in [4.69, 9.17) is 4.42 Å². The largest absolute Gasteiger partial charge is 0.464 e. The van der Waals surface area contributed by atoms with Gasteiger partial charge in [0, 0.05) is 11.8 Å². The van der Waals surface area contributed by atoms with Gasteiger partial charge in [0.15, 0.2) is 0 Å². The summed E-state index contributed by atoms with van der Waals surface area (Å²) < 4.78 is 5.56. The van der Waals surface area contributed by atoms with E-state index in [1.54, 1.807) is 6.20 Å². The van der Waals surface area contributed by atoms with Crippen LogP contribution in [0.1, 0.15) is 23.1 Å². The highest BCUT2D eigenvalue weighted by Crippen LogP contribution is 2.22. The highest BCUT2D eigenvalue weighted by Gasteiger charge is 2.15. The third kappa shape index (κ3) is 1.56. The molecule has 74 valence electrons. The van der Waals surface area contributed by atoms with Crippen LogP contribution in [0, 0.1) is 6.92 Å². The van der Waals surface area contributed by atoms with Crippen molar-refractivity contribution in [2.75, 3.05) is 7.05 Å². The Balaban J connectivity index is 2.31. The first kappa shape index (κ1) is 9.02. The van der Waals surface area contributed by atoms with E-state index in [1.165, 1.54) is 0 Å². The summed E-state index contributed by atoms with van der Waals surface area (Å²) in [4.78, 5) is 0. The zero-order valence-electron chi connectivity index (χ0n) is 8.24. The van der Waals surface area contributed by atoms with Gasteiger partial charge in [-0.05, 0) is 26.1 Å². The molecule has 14 heavy (non-hydrogen) atoms. The summed E-state index contributed by atoms with van der Waals surface area (Å²) in [7, 11) is 1.90. The van der Waals surface area contributed by atoms with Gasteiger partial charge in [0.25, 0.3) is 0 Å². The molecule has 0 bridgehead atoms. The summed E-state index contributed by atoms with van der Waals surface area (Å²) in [5, 5.41) is 9.89. The van der Waals surface area contributed by atoms with E-state index in [0.717, 1.165) is 17.1 Å². The maximum absolute atomic E-state index is 5.56. The first-order valence-corrected chi connectivity index (χ1v) is 4.53. The maximum Gasteiger partial charge on any atom is 0.125 e. The molecule has 0 aliphatic rings. The third-order valence-corrected chi connectivity index (χ3v) is 2.19. The van der Waals surface area contributed by atoms with Crippen molar-refractivity contribution in [1.82, 2.24) is 15.5 Å². The van der Waals surface area contributed by atoms with E-state index in [2.05, 4.69) is 15.5 Å². The molecule has 0 saturated heterocycles. The van der Waals surface area contributed by atoms with Gasteiger partial charge in [-0.1, -0.05) is 0 Å². The number of hydrogen-bond donors (Lipinski definition) is 2. The molecule has 1 unspecified atom stereocenters. The van der Waals surface area contributed by atoms with Crippen molar-refractivity contribution in [3.8, 4) is 0 Å². The van der Waals surface area contributed by atoms with Gasteiger partial charge in [0.2, 0.25) is 0 Å². The van der Waals surface area contributed by atoms with Gasteiger partial charge in [-0.25, -0.2) is 0 Å². The number of H-pyrrole nitrogens is 1. The fraction of sp³-hybridized carbons (Fsp3) is 0.300. The second-order valence-corrected chi connectivity index (χ2v) is 3.20. The summed E-state index contributed by atoms with van der Waals surface area (Å²) in [6.45, 7) is 1.94. The molecule has 2 N–H and O–H groups in total. The van der Waals surface area contributed by atoms with Crippen molar-refractivity contribution in [2.45, 2.75) is 13.0 Å². The molecule has 2 aromatic heterocycles. The first-order chi connectivity index (χ1) is 6.81. The lowest BCUT2D eigenvalue weighted by Gasteiger charge is -2.10. The average Bonchev–Trinajstić information content (AvgIpc) is 2.79. The van der Waals surface area contributed by atoms with Crippen molar-refractivity contribution in [1.29, 1.82) is 0 Å². The van der Waals surface area contributed by atoms with E-state index in [-0.39, 0.29) is 6.04 Å². The predicted octanol–water partition coefficient (Wildman–Crippen LogP) is 1.62. The topological polar surface area (TPSA) is 53.9 Å². The van der Waals surface area contributed by atoms with Crippen LogP contribution in [0.15, 0.2) is 28.9 Å². The molecule has 1 atom stereocenters. The Morgan fingerprint density at radius 3 is 2.86 bits per heavy atom. The van der Waals surface area contributed by atoms with Crippen LogP contribution >= 0.6 is 0 Å². The van der Waals surface area contributed by atoms with Gasteiger partial charge >= 0.3 is 0 Å². The number of rotatable bonds is 3. The summed E-state index contributed by atoms with van der Waals surface area (Å²) >= 11 is 0. The second-order valence-electron chi connectivity index (χ2n) is 3.20. The van der Waals surface area contributed by atoms with Crippen LogP contribution in [-0.2, 0) is 0 Å². The van der Waals surface area contributed by atoms with Crippen LogP contribution in [0.2, 0.25) is 0 Å². The Morgan fingerprint density at radius 1 is 1.50 bits per heavy atom. The molecule has 0 spiro atoms. The molecule has 0 saturated carbocycles. The van der Waals surface area contributed by atoms with E-state index in [0.29, 0.717) is 0 Å². The number of hydrogen-bond acceptors (Lipinski definition) is 3. The summed E-state index contributed by atoms with van der Waals surface area (Å²) in [5.74, 6) is 1.83. The van der Waals surface area contributed by atoms with Crippen LogP contribution in [0.4, 0.5) is 0 Å². The molecule has 2 rings (SSSR count). The number of aryl methyl sites for hydroxylation is 1. The smallest absolute Gasteiger partial charge is 0.125 e. The predicted molar refractivity (Wildman–Crippen MR) is 52.9 cm³/mol. The zero-order valence-corrected chi connectivity index (χ0v) is 8.24. The van der Waals surface area contributed by atoms with Gasteiger partial charge in [0.1, 0.15) is 11.5 Å². The standard InChI is InChI=1S/C10H13N3O/c1-7-3-4-9(14-7)10(11-2)8-5-12-13-6-8/h3-6,10-11H,1-2H3,(H,12,13). The number of furan rings is 1. The molecule has 2 heterocycles. The Morgan fingerprint density at radius 2 is 2.36 bits per heavy atom. The van der Waals surface area contributed by atoms with Crippen molar-refractivity contribution in [3.05, 3.63) is 41.6 Å². The van der Waals surface area contributed by atoms with Crippen LogP contribution in [0.25, 0.3) is 0 Å². The summed E-state index contributed by atoms with van der Waals surface area (Å²) in [5.41, 5.74) is 1.07.